The van der Waals surface area contributed by atoms with Crippen molar-refractivity contribution in [2.45, 2.75) is 56.5 Å². The zero-order chi connectivity index (χ0) is 16.0. The Labute approximate surface area is 139 Å². The molecule has 1 aliphatic heterocycles. The average molecular weight is 345 g/mol. The standard InChI is InChI=1S/C16H18Cl2O4/c1-2-16(14(19)20)13(12-10(17)6-5-7-11(12)18)21-15(22-16)8-3-4-9-15/h5-7,13H,2-4,8-9H2,1H3,(H,19,20)/t13-,16+/m0/s1. The molecule has 0 amide bonds. The molecule has 1 aliphatic carbocycles. The van der Waals surface area contributed by atoms with Crippen LogP contribution in [0.1, 0.15) is 50.7 Å². The number of rotatable bonds is 3. The van der Waals surface area contributed by atoms with Crippen LogP contribution in [-0.2, 0) is 14.3 Å². The van der Waals surface area contributed by atoms with Gasteiger partial charge in [-0.25, -0.2) is 4.79 Å². The summed E-state index contributed by atoms with van der Waals surface area (Å²) >= 11 is 12.6. The molecular formula is C16H18Cl2O4. The summed E-state index contributed by atoms with van der Waals surface area (Å²) in [5.41, 5.74) is -0.960. The second kappa shape index (κ2) is 5.68. The van der Waals surface area contributed by atoms with Crippen LogP contribution >= 0.6 is 23.2 Å². The van der Waals surface area contributed by atoms with E-state index in [9.17, 15) is 9.90 Å². The molecule has 2 atom stereocenters. The molecule has 120 valence electrons. The van der Waals surface area contributed by atoms with Crippen LogP contribution in [0.2, 0.25) is 10.0 Å². The maximum absolute atomic E-state index is 12.0. The third-order valence-corrected chi connectivity index (χ3v) is 5.30. The van der Waals surface area contributed by atoms with Gasteiger partial charge in [0.1, 0.15) is 6.10 Å². The summed E-state index contributed by atoms with van der Waals surface area (Å²) in [5, 5.41) is 10.6. The summed E-state index contributed by atoms with van der Waals surface area (Å²) in [6.07, 6.45) is 2.77. The van der Waals surface area contributed by atoms with Gasteiger partial charge >= 0.3 is 5.97 Å². The molecule has 1 heterocycles. The number of benzene rings is 1. The Bertz CT molecular complexity index is 578. The fourth-order valence-corrected chi connectivity index (χ4v) is 4.07. The molecule has 1 aromatic carbocycles. The van der Waals surface area contributed by atoms with Crippen molar-refractivity contribution in [2.24, 2.45) is 0 Å². The molecular weight excluding hydrogens is 327 g/mol. The minimum Gasteiger partial charge on any atom is -0.479 e. The van der Waals surface area contributed by atoms with E-state index < -0.39 is 23.5 Å². The maximum Gasteiger partial charge on any atom is 0.339 e. The predicted molar refractivity (Wildman–Crippen MR) is 83.2 cm³/mol. The predicted octanol–water partition coefficient (Wildman–Crippen LogP) is 4.59. The molecule has 0 unspecified atom stereocenters. The van der Waals surface area contributed by atoms with Gasteiger partial charge in [-0.2, -0.15) is 0 Å². The van der Waals surface area contributed by atoms with Crippen molar-refractivity contribution >= 4 is 29.2 Å². The fourth-order valence-electron chi connectivity index (χ4n) is 3.47. The summed E-state index contributed by atoms with van der Waals surface area (Å²) in [5.74, 6) is -1.87. The molecule has 4 nitrogen and oxygen atoms in total. The first-order valence-electron chi connectivity index (χ1n) is 7.49. The highest BCUT2D eigenvalue weighted by Crippen LogP contribution is 2.55. The molecule has 3 rings (SSSR count). The van der Waals surface area contributed by atoms with Crippen LogP contribution in [0.25, 0.3) is 0 Å². The third kappa shape index (κ3) is 2.33. The van der Waals surface area contributed by atoms with Crippen LogP contribution in [0.4, 0.5) is 0 Å². The highest BCUT2D eigenvalue weighted by molar-refractivity contribution is 6.36. The van der Waals surface area contributed by atoms with Gasteiger partial charge in [-0.1, -0.05) is 36.2 Å². The van der Waals surface area contributed by atoms with Crippen LogP contribution in [0.5, 0.6) is 0 Å². The summed E-state index contributed by atoms with van der Waals surface area (Å²) in [6.45, 7) is 1.78. The lowest BCUT2D eigenvalue weighted by Crippen LogP contribution is -2.44. The first-order valence-corrected chi connectivity index (χ1v) is 8.25. The van der Waals surface area contributed by atoms with Gasteiger partial charge in [0.05, 0.1) is 0 Å². The fraction of sp³-hybridized carbons (Fsp3) is 0.562. The normalized spacial score (nSPS) is 30.0. The molecule has 1 aromatic rings. The number of carboxylic acids is 1. The Kier molecular flexibility index (Phi) is 4.14. The van der Waals surface area contributed by atoms with Gasteiger partial charge in [0.2, 0.25) is 0 Å². The van der Waals surface area contributed by atoms with Gasteiger partial charge < -0.3 is 14.6 Å². The van der Waals surface area contributed by atoms with Crippen molar-refractivity contribution in [3.63, 3.8) is 0 Å². The number of ether oxygens (including phenoxy) is 2. The topological polar surface area (TPSA) is 55.8 Å². The Morgan fingerprint density at radius 2 is 1.91 bits per heavy atom. The van der Waals surface area contributed by atoms with E-state index in [1.165, 1.54) is 0 Å². The number of carboxylic acid groups (broad SMARTS) is 1. The van der Waals surface area contributed by atoms with Crippen LogP contribution in [0.3, 0.4) is 0 Å². The van der Waals surface area contributed by atoms with Gasteiger partial charge in [-0.05, 0) is 31.4 Å². The van der Waals surface area contributed by atoms with E-state index in [0.29, 0.717) is 28.5 Å². The van der Waals surface area contributed by atoms with Crippen LogP contribution < -0.4 is 0 Å². The number of hydrogen-bond acceptors (Lipinski definition) is 3. The van der Waals surface area contributed by atoms with E-state index in [1.807, 2.05) is 0 Å². The van der Waals surface area contributed by atoms with Crippen molar-refractivity contribution < 1.29 is 19.4 Å². The Balaban J connectivity index is 2.12. The number of carbonyl (C=O) groups is 1. The molecule has 2 fully saturated rings. The van der Waals surface area contributed by atoms with Crippen LogP contribution in [-0.4, -0.2) is 22.5 Å². The Morgan fingerprint density at radius 1 is 1.32 bits per heavy atom. The van der Waals surface area contributed by atoms with Crippen LogP contribution in [0, 0.1) is 0 Å². The summed E-state index contributed by atoms with van der Waals surface area (Å²) < 4.78 is 12.2. The number of hydrogen-bond donors (Lipinski definition) is 1. The van der Waals surface area contributed by atoms with E-state index in [4.69, 9.17) is 32.7 Å². The highest BCUT2D eigenvalue weighted by atomic mass is 35.5. The van der Waals surface area contributed by atoms with E-state index >= 15 is 0 Å². The molecule has 22 heavy (non-hydrogen) atoms. The Hall–Kier alpha value is -0.810. The summed E-state index contributed by atoms with van der Waals surface area (Å²) in [4.78, 5) is 12.0. The molecule has 0 radical (unpaired) electrons. The van der Waals surface area contributed by atoms with Crippen LogP contribution in [0.15, 0.2) is 18.2 Å². The van der Waals surface area contributed by atoms with Gasteiger partial charge in [-0.3, -0.25) is 0 Å². The lowest BCUT2D eigenvalue weighted by Gasteiger charge is -2.28. The monoisotopic (exact) mass is 344 g/mol. The molecule has 2 aliphatic rings. The first-order chi connectivity index (χ1) is 10.4. The Morgan fingerprint density at radius 3 is 2.41 bits per heavy atom. The smallest absolute Gasteiger partial charge is 0.339 e. The molecule has 1 saturated heterocycles. The van der Waals surface area contributed by atoms with Gasteiger partial charge in [0, 0.05) is 28.5 Å². The van der Waals surface area contributed by atoms with Crippen molar-refractivity contribution in [3.8, 4) is 0 Å². The van der Waals surface area contributed by atoms with E-state index in [0.717, 1.165) is 12.8 Å². The zero-order valence-electron chi connectivity index (χ0n) is 12.3. The minimum absolute atomic E-state index is 0.274. The lowest BCUT2D eigenvalue weighted by molar-refractivity contribution is -0.197. The quantitative estimate of drug-likeness (QED) is 0.871. The van der Waals surface area contributed by atoms with E-state index in [1.54, 1.807) is 25.1 Å². The van der Waals surface area contributed by atoms with Gasteiger partial charge in [0.15, 0.2) is 11.4 Å². The zero-order valence-corrected chi connectivity index (χ0v) is 13.8. The molecule has 0 bridgehead atoms. The SMILES string of the molecule is CC[C@@]1(C(=O)O)OC2(CCCC2)O[C@H]1c1c(Cl)cccc1Cl. The maximum atomic E-state index is 12.0. The highest BCUT2D eigenvalue weighted by Gasteiger charge is 2.62. The van der Waals surface area contributed by atoms with Gasteiger partial charge in [-0.15, -0.1) is 0 Å². The van der Waals surface area contributed by atoms with Crippen molar-refractivity contribution in [3.05, 3.63) is 33.8 Å². The van der Waals surface area contributed by atoms with E-state index in [-0.39, 0.29) is 6.42 Å². The average Bonchev–Trinajstić information content (AvgIpc) is 3.05. The van der Waals surface area contributed by atoms with Gasteiger partial charge in [0.25, 0.3) is 0 Å². The number of halogens is 2. The largest absolute Gasteiger partial charge is 0.479 e. The molecule has 1 spiro atoms. The van der Waals surface area contributed by atoms with Crippen molar-refractivity contribution in [1.29, 1.82) is 0 Å². The second-order valence-corrected chi connectivity index (χ2v) is 6.72. The first kappa shape index (κ1) is 16.1. The molecule has 6 heteroatoms. The summed E-state index contributed by atoms with van der Waals surface area (Å²) in [7, 11) is 0. The molecule has 1 saturated carbocycles. The van der Waals surface area contributed by atoms with Crippen molar-refractivity contribution in [2.75, 3.05) is 0 Å². The third-order valence-electron chi connectivity index (χ3n) is 4.64. The second-order valence-electron chi connectivity index (χ2n) is 5.90. The molecule has 0 aromatic heterocycles. The number of aliphatic carboxylic acids is 1. The summed E-state index contributed by atoms with van der Waals surface area (Å²) in [6, 6.07) is 5.10. The minimum atomic E-state index is -1.46. The van der Waals surface area contributed by atoms with Crippen molar-refractivity contribution in [1.82, 2.24) is 0 Å². The van der Waals surface area contributed by atoms with E-state index in [2.05, 4.69) is 0 Å². The molecule has 1 N–H and O–H groups in total. The lowest BCUT2D eigenvalue weighted by atomic mass is 9.88.